The maximum atomic E-state index is 11.2. The van der Waals surface area contributed by atoms with Gasteiger partial charge >= 0.3 is 15.4 Å². The van der Waals surface area contributed by atoms with E-state index < -0.39 is 37.9 Å². The number of para-hydroxylation sites is 1. The quantitative estimate of drug-likeness (QED) is 0.279. The third-order valence-corrected chi connectivity index (χ3v) is 8.40. The van der Waals surface area contributed by atoms with Crippen LogP contribution in [0.3, 0.4) is 0 Å². The van der Waals surface area contributed by atoms with Crippen molar-refractivity contribution in [2.45, 2.75) is 34.9 Å². The molecule has 4 heterocycles. The molecule has 184 valence electrons. The number of nitrogens with zero attached hydrogens (tertiary/aromatic N) is 3. The molecule has 6 rings (SSSR count). The van der Waals surface area contributed by atoms with Gasteiger partial charge in [0.2, 0.25) is 0 Å². The fraction of sp³-hybridized carbons (Fsp3) is 0.273. The molecular formula is C22H21BClN5O5PS+. The van der Waals surface area contributed by atoms with Crippen molar-refractivity contribution in [1.82, 2.24) is 9.97 Å². The number of aliphatic hydroxyl groups is 1. The van der Waals surface area contributed by atoms with Crippen molar-refractivity contribution in [3.8, 4) is 0 Å². The Hall–Kier alpha value is -2.15. The predicted molar refractivity (Wildman–Crippen MR) is 139 cm³/mol. The number of hydrogen-bond acceptors (Lipinski definition) is 11. The van der Waals surface area contributed by atoms with Crippen LogP contribution >= 0.6 is 31.2 Å². The van der Waals surface area contributed by atoms with Crippen LogP contribution in [0.1, 0.15) is 0 Å². The van der Waals surface area contributed by atoms with E-state index in [1.807, 2.05) is 59.5 Å². The first-order chi connectivity index (χ1) is 17.4. The number of halogens is 1. The summed E-state index contributed by atoms with van der Waals surface area (Å²) in [5, 5.41) is 18.6. The van der Waals surface area contributed by atoms with Gasteiger partial charge in [0.15, 0.2) is 29.5 Å². The Morgan fingerprint density at radius 1 is 1.17 bits per heavy atom. The molecular weight excluding hydrogens is 524 g/mol. The van der Waals surface area contributed by atoms with E-state index in [1.165, 1.54) is 18.1 Å². The fourth-order valence-corrected chi connectivity index (χ4v) is 6.56. The van der Waals surface area contributed by atoms with Crippen LogP contribution in [-0.4, -0.2) is 64.2 Å². The summed E-state index contributed by atoms with van der Waals surface area (Å²) in [6.07, 6.45) is -1.99. The second kappa shape index (κ2) is 9.62. The van der Waals surface area contributed by atoms with Crippen molar-refractivity contribution in [3.05, 3.63) is 65.9 Å². The highest BCUT2D eigenvalue weighted by Crippen LogP contribution is 2.58. The van der Waals surface area contributed by atoms with Crippen LogP contribution in [-0.2, 0) is 13.8 Å². The van der Waals surface area contributed by atoms with Crippen LogP contribution in [0.15, 0.2) is 65.8 Å². The number of nitrogens with one attached hydrogen (secondary N) is 2. The minimum atomic E-state index is -3.52. The number of aromatic nitrogens is 2. The van der Waals surface area contributed by atoms with E-state index in [1.54, 1.807) is 0 Å². The van der Waals surface area contributed by atoms with Gasteiger partial charge in [-0.25, -0.2) is 14.9 Å². The van der Waals surface area contributed by atoms with Gasteiger partial charge in [-0.05, 0) is 36.4 Å². The first-order valence-electron chi connectivity index (χ1n) is 11.1. The van der Waals surface area contributed by atoms with Crippen molar-refractivity contribution in [3.63, 3.8) is 0 Å². The smallest absolute Gasteiger partial charge is 0.385 e. The highest BCUT2D eigenvalue weighted by atomic mass is 35.5. The molecule has 2 radical (unpaired) electrons. The summed E-state index contributed by atoms with van der Waals surface area (Å²) in [6.45, 7) is 0.00666. The number of ether oxygens (including phenoxy) is 1. The molecule has 4 N–H and O–H groups in total. The SMILES string of the molecule is [B][P+]1(O)OCC2OC(N3c4ncnc(Nc5ccccc5)c4NC3Sc3ccc(Cl)cc3)C(O)[C@@H]2O1. The van der Waals surface area contributed by atoms with Crippen molar-refractivity contribution in [2.75, 3.05) is 22.1 Å². The molecule has 3 aliphatic rings. The molecule has 6 atom stereocenters. The van der Waals surface area contributed by atoms with Crippen LogP contribution in [0, 0.1) is 0 Å². The Morgan fingerprint density at radius 3 is 2.72 bits per heavy atom. The molecule has 1 aromatic heterocycles. The summed E-state index contributed by atoms with van der Waals surface area (Å²) in [4.78, 5) is 21.8. The standard InChI is InChI=1S/C22H21BClN5O5PS/c23-35(31)32-10-15-18(34-35)17(30)21(33-15)29-20-16(28-22(29)36-14-8-6-12(24)7-9-14)19(25-11-26-20)27-13-4-2-1-3-5-13/h1-9,11,15,17-18,21-22,28,30-31H,10H2,(H,25,26,27)/q+1/t15?,17?,18-,21?,22?,35?/m1/s1. The molecule has 0 amide bonds. The molecule has 5 unspecified atom stereocenters. The van der Waals surface area contributed by atoms with Crippen molar-refractivity contribution in [1.29, 1.82) is 0 Å². The maximum Gasteiger partial charge on any atom is 0.488 e. The lowest BCUT2D eigenvalue weighted by atomic mass is 10.1. The van der Waals surface area contributed by atoms with E-state index in [2.05, 4.69) is 20.6 Å². The van der Waals surface area contributed by atoms with E-state index in [0.29, 0.717) is 22.3 Å². The molecule has 10 nitrogen and oxygen atoms in total. The van der Waals surface area contributed by atoms with Crippen LogP contribution in [0.25, 0.3) is 0 Å². The second-order valence-electron chi connectivity index (χ2n) is 8.37. The molecule has 0 bridgehead atoms. The fourth-order valence-electron chi connectivity index (χ4n) is 4.34. The van der Waals surface area contributed by atoms with E-state index in [0.717, 1.165) is 10.6 Å². The summed E-state index contributed by atoms with van der Waals surface area (Å²) in [5.74, 6) is 1.11. The number of fused-ring (bicyclic) bond motifs is 2. The van der Waals surface area contributed by atoms with Gasteiger partial charge in [0.05, 0.1) is 0 Å². The maximum absolute atomic E-state index is 11.2. The Labute approximate surface area is 218 Å². The van der Waals surface area contributed by atoms with Crippen molar-refractivity contribution >= 4 is 61.8 Å². The molecule has 3 aliphatic heterocycles. The van der Waals surface area contributed by atoms with Crippen LogP contribution in [0.4, 0.5) is 23.0 Å². The minimum Gasteiger partial charge on any atom is -0.385 e. The number of rotatable bonds is 5. The zero-order valence-corrected chi connectivity index (χ0v) is 21.1. The van der Waals surface area contributed by atoms with E-state index in [-0.39, 0.29) is 6.61 Å². The lowest BCUT2D eigenvalue weighted by Gasteiger charge is -2.32. The monoisotopic (exact) mass is 544 g/mol. The second-order valence-corrected chi connectivity index (χ2v) is 11.6. The number of hydrogen-bond donors (Lipinski definition) is 4. The van der Waals surface area contributed by atoms with Gasteiger partial charge in [0, 0.05) is 15.6 Å². The van der Waals surface area contributed by atoms with Gasteiger partial charge in [0.25, 0.3) is 0 Å². The third kappa shape index (κ3) is 4.64. The van der Waals surface area contributed by atoms with Gasteiger partial charge in [-0.15, -0.1) is 0 Å². The van der Waals surface area contributed by atoms with Gasteiger partial charge < -0.3 is 20.5 Å². The van der Waals surface area contributed by atoms with Crippen LogP contribution in [0.5, 0.6) is 0 Å². The van der Waals surface area contributed by atoms with Gasteiger partial charge in [0.1, 0.15) is 30.8 Å². The molecule has 14 heteroatoms. The predicted octanol–water partition coefficient (Wildman–Crippen LogP) is 3.52. The van der Waals surface area contributed by atoms with Crippen LogP contribution < -0.4 is 15.5 Å². The average Bonchev–Trinajstić information content (AvgIpc) is 3.38. The Kier molecular flexibility index (Phi) is 6.47. The molecule has 2 aromatic carbocycles. The number of benzene rings is 2. The molecule has 3 aromatic rings. The van der Waals surface area contributed by atoms with Crippen LogP contribution in [0.2, 0.25) is 5.02 Å². The third-order valence-electron chi connectivity index (χ3n) is 5.97. The molecule has 2 saturated heterocycles. The van der Waals surface area contributed by atoms with Crippen molar-refractivity contribution < 1.29 is 23.8 Å². The average molecular weight is 545 g/mol. The Bertz CT molecular complexity index is 1250. The molecule has 0 aliphatic carbocycles. The summed E-state index contributed by atoms with van der Waals surface area (Å²) < 4.78 is 16.9. The molecule has 2 fully saturated rings. The normalized spacial score (nSPS) is 31.0. The molecule has 0 saturated carbocycles. The summed E-state index contributed by atoms with van der Waals surface area (Å²) >= 11 is 7.57. The lowest BCUT2D eigenvalue weighted by molar-refractivity contribution is -0.0443. The van der Waals surface area contributed by atoms with Crippen molar-refractivity contribution in [2.24, 2.45) is 0 Å². The topological polar surface area (TPSA) is 121 Å². The number of anilines is 4. The Morgan fingerprint density at radius 2 is 1.94 bits per heavy atom. The van der Waals surface area contributed by atoms with E-state index in [9.17, 15) is 10.00 Å². The first-order valence-corrected chi connectivity index (χ1v) is 14.0. The summed E-state index contributed by atoms with van der Waals surface area (Å²) in [7, 11) is 2.17. The number of aliphatic hydroxyl groups excluding tert-OH is 1. The number of thioether (sulfide) groups is 1. The largest absolute Gasteiger partial charge is 0.488 e. The highest BCUT2D eigenvalue weighted by molar-refractivity contribution is 8.00. The Balaban J connectivity index is 1.35. The van der Waals surface area contributed by atoms with Gasteiger partial charge in [-0.2, -0.15) is 9.05 Å². The lowest BCUT2D eigenvalue weighted by Crippen LogP contribution is -2.49. The zero-order chi connectivity index (χ0) is 24.9. The van der Waals surface area contributed by atoms with E-state index in [4.69, 9.17) is 33.0 Å². The van der Waals surface area contributed by atoms with Gasteiger partial charge in [-0.3, -0.25) is 4.90 Å². The summed E-state index contributed by atoms with van der Waals surface area (Å²) in [5.41, 5.74) is 1.08. The summed E-state index contributed by atoms with van der Waals surface area (Å²) in [6, 6.07) is 17.1. The highest BCUT2D eigenvalue weighted by Gasteiger charge is 2.59. The zero-order valence-electron chi connectivity index (χ0n) is 18.6. The van der Waals surface area contributed by atoms with Gasteiger partial charge in [-0.1, -0.05) is 41.6 Å². The minimum absolute atomic E-state index is 0.00666. The first kappa shape index (κ1) is 24.2. The molecule has 36 heavy (non-hydrogen) atoms. The van der Waals surface area contributed by atoms with E-state index >= 15 is 0 Å². The molecule has 0 spiro atoms.